The minimum atomic E-state index is -2.00. The van der Waals surface area contributed by atoms with Gasteiger partial charge >= 0.3 is 147 Å². The van der Waals surface area contributed by atoms with Crippen molar-refractivity contribution in [3.8, 4) is 0 Å². The second-order valence-corrected chi connectivity index (χ2v) is 21.0. The van der Waals surface area contributed by atoms with E-state index in [1.54, 1.807) is 8.26 Å². The molecule has 0 nitrogen and oxygen atoms in total. The Morgan fingerprint density at radius 3 is 1.44 bits per heavy atom. The number of fused-ring (bicyclic) bond motifs is 2. The van der Waals surface area contributed by atoms with E-state index >= 15 is 0 Å². The zero-order valence-electron chi connectivity index (χ0n) is 15.3. The second-order valence-electron chi connectivity index (χ2n) is 9.23. The molecule has 0 aromatic rings. The number of allylic oxidation sites excluding steroid dienone is 8. The molecule has 3 heteroatoms. The molecule has 5 aliphatic rings. The van der Waals surface area contributed by atoms with E-state index in [1.165, 1.54) is 12.8 Å². The molecule has 1 aliphatic heterocycles. The molecule has 0 spiro atoms. The fourth-order valence-corrected chi connectivity index (χ4v) is 28.5. The van der Waals surface area contributed by atoms with Crippen LogP contribution in [-0.4, -0.2) is 0 Å². The van der Waals surface area contributed by atoms with Gasteiger partial charge in [0, 0.05) is 0 Å². The first-order chi connectivity index (χ1) is 11.2. The maximum Gasteiger partial charge on any atom is -1.00 e. The maximum absolute atomic E-state index is 2.61. The Hall–Kier alpha value is 0.423. The SMILES string of the molecule is CC1CC2C=CC=CC2[CH]1[Zr+2]1([CH]2C(C)CC3C=CC=CC32)[CH2][CH2]1.[Cl-].[Cl-]. The van der Waals surface area contributed by atoms with Gasteiger partial charge in [0.1, 0.15) is 0 Å². The summed E-state index contributed by atoms with van der Waals surface area (Å²) in [5.74, 6) is 5.58. The number of hydrogen-bond acceptors (Lipinski definition) is 0. The van der Waals surface area contributed by atoms with E-state index in [0.29, 0.717) is 0 Å². The smallest absolute Gasteiger partial charge is 1.00 e. The topological polar surface area (TPSA) is 0 Å². The third kappa shape index (κ3) is 3.05. The summed E-state index contributed by atoms with van der Waals surface area (Å²) in [6, 6.07) is 0. The van der Waals surface area contributed by atoms with E-state index in [-0.39, 0.29) is 24.8 Å². The average Bonchev–Trinajstić information content (AvgIpc) is 3.13. The van der Waals surface area contributed by atoms with Gasteiger partial charge < -0.3 is 24.8 Å². The van der Waals surface area contributed by atoms with Gasteiger partial charge in [-0.3, -0.25) is 0 Å². The summed E-state index contributed by atoms with van der Waals surface area (Å²) in [6.45, 7) is 5.21. The van der Waals surface area contributed by atoms with Gasteiger partial charge in [0.05, 0.1) is 0 Å². The summed E-state index contributed by atoms with van der Waals surface area (Å²) in [5, 5.41) is 0. The number of rotatable bonds is 2. The Labute approximate surface area is 170 Å². The van der Waals surface area contributed by atoms with Gasteiger partial charge in [-0.15, -0.1) is 0 Å². The van der Waals surface area contributed by atoms with Crippen LogP contribution in [0.3, 0.4) is 0 Å². The monoisotopic (exact) mass is 454 g/mol. The van der Waals surface area contributed by atoms with Crippen LogP contribution in [0.15, 0.2) is 48.6 Å². The molecule has 0 radical (unpaired) electrons. The van der Waals surface area contributed by atoms with Gasteiger partial charge in [0.2, 0.25) is 0 Å². The molecular formula is C22H30Cl2Zr. The Morgan fingerprint density at radius 2 is 1.04 bits per heavy atom. The molecule has 136 valence electrons. The fraction of sp³-hybridized carbons (Fsp3) is 0.636. The molecule has 2 saturated carbocycles. The van der Waals surface area contributed by atoms with Crippen molar-refractivity contribution in [2.24, 2.45) is 35.5 Å². The molecule has 0 bridgehead atoms. The largest absolute Gasteiger partial charge is 1.00 e. The van der Waals surface area contributed by atoms with Crippen LogP contribution in [0.25, 0.3) is 0 Å². The average molecular weight is 457 g/mol. The predicted octanol–water partition coefficient (Wildman–Crippen LogP) is 0.372. The predicted molar refractivity (Wildman–Crippen MR) is 95.2 cm³/mol. The summed E-state index contributed by atoms with van der Waals surface area (Å²) in [4.78, 5) is 0. The normalized spacial score (nSPS) is 46.3. The Kier molecular flexibility index (Phi) is 6.01. The van der Waals surface area contributed by atoms with Crippen molar-refractivity contribution in [1.29, 1.82) is 0 Å². The van der Waals surface area contributed by atoms with Gasteiger partial charge in [-0.25, -0.2) is 0 Å². The summed E-state index contributed by atoms with van der Waals surface area (Å²) in [6.07, 6.45) is 22.6. The van der Waals surface area contributed by atoms with Gasteiger partial charge in [-0.2, -0.15) is 0 Å². The third-order valence-electron chi connectivity index (χ3n) is 8.09. The molecule has 8 atom stereocenters. The summed E-state index contributed by atoms with van der Waals surface area (Å²) < 4.78 is 5.70. The zero-order chi connectivity index (χ0) is 15.6. The first kappa shape index (κ1) is 20.2. The van der Waals surface area contributed by atoms with E-state index in [2.05, 4.69) is 62.5 Å². The molecule has 0 N–H and O–H groups in total. The molecule has 1 saturated heterocycles. The maximum atomic E-state index is 2.61. The zero-order valence-corrected chi connectivity index (χ0v) is 19.3. The Balaban J connectivity index is 0.000000911. The molecule has 0 aromatic carbocycles. The van der Waals surface area contributed by atoms with Gasteiger partial charge in [0.15, 0.2) is 0 Å². The van der Waals surface area contributed by atoms with Crippen LogP contribution < -0.4 is 24.8 Å². The first-order valence-corrected chi connectivity index (χ1v) is 16.2. The number of halogens is 2. The Bertz CT molecular complexity index is 566. The molecule has 1 heterocycles. The van der Waals surface area contributed by atoms with Crippen LogP contribution in [0.4, 0.5) is 0 Å². The molecule has 3 fully saturated rings. The minimum absolute atomic E-state index is 0. The van der Waals surface area contributed by atoms with E-state index in [9.17, 15) is 0 Å². The number of hydrogen-bond donors (Lipinski definition) is 0. The quantitative estimate of drug-likeness (QED) is 0.564. The molecule has 25 heavy (non-hydrogen) atoms. The van der Waals surface area contributed by atoms with Crippen LogP contribution >= 0.6 is 0 Å². The van der Waals surface area contributed by atoms with Crippen molar-refractivity contribution in [3.63, 3.8) is 0 Å². The summed E-state index contributed by atoms with van der Waals surface area (Å²) in [7, 11) is 0. The molecule has 8 unspecified atom stereocenters. The van der Waals surface area contributed by atoms with Crippen molar-refractivity contribution >= 4 is 0 Å². The standard InChI is InChI=1S/2C10H13.C2H4.2ClH.Zr/c2*1-8-6-9-4-2-3-5-10(9)7-8;1-2;;;/h2*2-6,8-10H,7H2,1H3;1-2H2;2*1H;/q;;;;;+2/p-2. The van der Waals surface area contributed by atoms with Crippen molar-refractivity contribution < 1.29 is 45.1 Å². The molecule has 4 aliphatic carbocycles. The van der Waals surface area contributed by atoms with Crippen molar-refractivity contribution in [3.05, 3.63) is 48.6 Å². The van der Waals surface area contributed by atoms with E-state index in [0.717, 1.165) is 42.8 Å². The van der Waals surface area contributed by atoms with Crippen LogP contribution in [0.1, 0.15) is 26.7 Å². The van der Waals surface area contributed by atoms with Crippen LogP contribution in [0.5, 0.6) is 0 Å². The van der Waals surface area contributed by atoms with Crippen molar-refractivity contribution in [2.45, 2.75) is 42.2 Å². The van der Waals surface area contributed by atoms with Gasteiger partial charge in [0.25, 0.3) is 0 Å². The summed E-state index contributed by atoms with van der Waals surface area (Å²) in [5.41, 5.74) is 0. The van der Waals surface area contributed by atoms with Crippen LogP contribution in [0.2, 0.25) is 15.5 Å². The van der Waals surface area contributed by atoms with E-state index in [4.69, 9.17) is 0 Å². The van der Waals surface area contributed by atoms with Gasteiger partial charge in [-0.1, -0.05) is 0 Å². The van der Waals surface area contributed by atoms with Crippen LogP contribution in [-0.2, 0) is 20.3 Å². The molecule has 5 rings (SSSR count). The van der Waals surface area contributed by atoms with E-state index in [1.807, 2.05) is 0 Å². The third-order valence-corrected chi connectivity index (χ3v) is 23.4. The van der Waals surface area contributed by atoms with Crippen LogP contribution in [0, 0.1) is 35.5 Å². The minimum Gasteiger partial charge on any atom is -1.00 e. The second kappa shape index (κ2) is 7.45. The van der Waals surface area contributed by atoms with E-state index < -0.39 is 20.3 Å². The first-order valence-electron chi connectivity index (χ1n) is 9.91. The van der Waals surface area contributed by atoms with Crippen molar-refractivity contribution in [2.75, 3.05) is 0 Å². The molecule has 0 aromatic heterocycles. The van der Waals surface area contributed by atoms with Crippen molar-refractivity contribution in [1.82, 2.24) is 0 Å². The molecule has 0 amide bonds. The Morgan fingerprint density at radius 1 is 0.640 bits per heavy atom. The van der Waals surface area contributed by atoms with Gasteiger partial charge in [-0.05, 0) is 0 Å². The fourth-order valence-electron chi connectivity index (χ4n) is 7.43. The summed E-state index contributed by atoms with van der Waals surface area (Å²) >= 11 is -2.00. The molecular weight excluding hydrogens is 426 g/mol.